The molecular weight excluding hydrogens is 462 g/mol. The number of hydrogen-bond acceptors (Lipinski definition) is 6. The first kappa shape index (κ1) is 20.5. The molecule has 0 radical (unpaired) electrons. The second-order valence-electron chi connectivity index (χ2n) is 8.58. The fourth-order valence-electron chi connectivity index (χ4n) is 6.08. The molecular formula is C24H14ClN3O6. The Kier molecular flexibility index (Phi) is 4.04. The van der Waals surface area contributed by atoms with Gasteiger partial charge in [-0.1, -0.05) is 60.1 Å². The van der Waals surface area contributed by atoms with Crippen LogP contribution in [0.3, 0.4) is 0 Å². The number of anilines is 1. The molecule has 0 aromatic heterocycles. The summed E-state index contributed by atoms with van der Waals surface area (Å²) >= 11 is 5.92. The molecule has 4 aliphatic rings. The van der Waals surface area contributed by atoms with Gasteiger partial charge in [0.25, 0.3) is 11.2 Å². The van der Waals surface area contributed by atoms with E-state index in [1.54, 1.807) is 48.5 Å². The Hall–Kier alpha value is -4.11. The zero-order chi connectivity index (χ0) is 23.9. The number of hydrogen-bond donors (Lipinski definition) is 0. The van der Waals surface area contributed by atoms with Gasteiger partial charge in [0, 0.05) is 28.0 Å². The quantitative estimate of drug-likeness (QED) is 0.320. The van der Waals surface area contributed by atoms with E-state index in [0.29, 0.717) is 22.3 Å². The number of carbonyl (C=O) groups excluding carboxylic acids is 2. The van der Waals surface area contributed by atoms with E-state index in [9.17, 15) is 29.8 Å². The van der Waals surface area contributed by atoms with Crippen molar-refractivity contribution in [3.05, 3.63) is 114 Å². The van der Waals surface area contributed by atoms with Crippen LogP contribution in [0.15, 0.2) is 66.7 Å². The second kappa shape index (κ2) is 6.71. The predicted molar refractivity (Wildman–Crippen MR) is 120 cm³/mol. The molecule has 168 valence electrons. The van der Waals surface area contributed by atoms with Gasteiger partial charge in [0.05, 0.1) is 16.5 Å². The third-order valence-corrected chi connectivity index (χ3v) is 7.57. The summed E-state index contributed by atoms with van der Waals surface area (Å²) in [5.74, 6) is -4.23. The van der Waals surface area contributed by atoms with Crippen molar-refractivity contribution in [2.45, 2.75) is 11.5 Å². The minimum Gasteiger partial charge on any atom is -0.274 e. The number of imide groups is 1. The summed E-state index contributed by atoms with van der Waals surface area (Å²) in [6, 6.07) is 17.3. The molecule has 7 rings (SSSR count). The normalized spacial score (nSPS) is 26.1. The highest BCUT2D eigenvalue weighted by molar-refractivity contribution is 6.33. The van der Waals surface area contributed by atoms with Crippen LogP contribution in [0.5, 0.6) is 0 Å². The molecule has 9 nitrogen and oxygen atoms in total. The van der Waals surface area contributed by atoms with Crippen LogP contribution in [0.4, 0.5) is 11.4 Å². The monoisotopic (exact) mass is 475 g/mol. The van der Waals surface area contributed by atoms with Crippen molar-refractivity contribution < 1.29 is 19.4 Å². The minimum atomic E-state index is -1.95. The first-order valence-electron chi connectivity index (χ1n) is 10.4. The van der Waals surface area contributed by atoms with E-state index in [-0.39, 0.29) is 10.7 Å². The van der Waals surface area contributed by atoms with Crippen molar-refractivity contribution >= 4 is 34.8 Å². The third kappa shape index (κ3) is 2.24. The van der Waals surface area contributed by atoms with Gasteiger partial charge in [-0.15, -0.1) is 0 Å². The Labute approximate surface area is 196 Å². The number of rotatable bonds is 3. The van der Waals surface area contributed by atoms with E-state index in [1.807, 2.05) is 0 Å². The van der Waals surface area contributed by atoms with Gasteiger partial charge in [0.15, 0.2) is 0 Å². The predicted octanol–water partition coefficient (Wildman–Crippen LogP) is 4.03. The Balaban J connectivity index is 1.63. The topological polar surface area (TPSA) is 124 Å². The van der Waals surface area contributed by atoms with Gasteiger partial charge in [-0.3, -0.25) is 29.8 Å². The van der Waals surface area contributed by atoms with Crippen LogP contribution in [-0.2, 0) is 15.1 Å². The lowest BCUT2D eigenvalue weighted by Gasteiger charge is -2.48. The van der Waals surface area contributed by atoms with Crippen molar-refractivity contribution in [1.82, 2.24) is 0 Å². The second-order valence-corrected chi connectivity index (χ2v) is 8.99. The highest BCUT2D eigenvalue weighted by atomic mass is 35.5. The van der Waals surface area contributed by atoms with E-state index >= 15 is 0 Å². The molecule has 2 bridgehead atoms. The number of amides is 2. The average molecular weight is 476 g/mol. The molecule has 34 heavy (non-hydrogen) atoms. The summed E-state index contributed by atoms with van der Waals surface area (Å²) in [5, 5.41) is 24.2. The first-order chi connectivity index (χ1) is 16.3. The molecule has 3 aromatic rings. The third-order valence-electron chi connectivity index (χ3n) is 7.25. The molecule has 0 unspecified atom stereocenters. The molecule has 10 heteroatoms. The van der Waals surface area contributed by atoms with Crippen LogP contribution in [0.2, 0.25) is 5.02 Å². The van der Waals surface area contributed by atoms with Crippen molar-refractivity contribution in [3.63, 3.8) is 0 Å². The van der Waals surface area contributed by atoms with Crippen molar-refractivity contribution in [3.8, 4) is 0 Å². The Morgan fingerprint density at radius 3 is 2.00 bits per heavy atom. The van der Waals surface area contributed by atoms with Crippen LogP contribution < -0.4 is 4.90 Å². The van der Waals surface area contributed by atoms with Gasteiger partial charge >= 0.3 is 0 Å². The van der Waals surface area contributed by atoms with Crippen molar-refractivity contribution in [2.75, 3.05) is 4.90 Å². The summed E-state index contributed by atoms with van der Waals surface area (Å²) < 4.78 is 0. The van der Waals surface area contributed by atoms with E-state index < -0.39 is 50.6 Å². The SMILES string of the molecule is O=C1[C@@H]2[C@@H](C(=O)N1c1ccc(Cl)c([N+](=O)[O-])c1)C1c3ccccc3C2([N+](=O)[O-])c2ccccc21. The van der Waals surface area contributed by atoms with E-state index in [4.69, 9.17) is 11.6 Å². The van der Waals surface area contributed by atoms with Gasteiger partial charge in [0.1, 0.15) is 10.9 Å². The summed E-state index contributed by atoms with van der Waals surface area (Å²) in [6.07, 6.45) is 0. The van der Waals surface area contributed by atoms with Crippen LogP contribution in [0.1, 0.15) is 28.2 Å². The van der Waals surface area contributed by atoms with Gasteiger partial charge in [-0.25, -0.2) is 4.90 Å². The highest BCUT2D eigenvalue weighted by Gasteiger charge is 2.74. The summed E-state index contributed by atoms with van der Waals surface area (Å²) in [4.78, 5) is 51.6. The molecule has 1 fully saturated rings. The fraction of sp³-hybridized carbons (Fsp3) is 0.167. The largest absolute Gasteiger partial charge is 0.289 e. The van der Waals surface area contributed by atoms with Gasteiger partial charge < -0.3 is 0 Å². The fourth-order valence-corrected chi connectivity index (χ4v) is 6.26. The number of carbonyl (C=O) groups is 2. The molecule has 2 atom stereocenters. The molecule has 3 aliphatic carbocycles. The van der Waals surface area contributed by atoms with Gasteiger partial charge in [0.2, 0.25) is 11.8 Å². The van der Waals surface area contributed by atoms with E-state index in [1.165, 1.54) is 12.1 Å². The van der Waals surface area contributed by atoms with Crippen molar-refractivity contribution in [2.24, 2.45) is 11.8 Å². The molecule has 1 saturated heterocycles. The zero-order valence-corrected chi connectivity index (χ0v) is 18.0. The first-order valence-corrected chi connectivity index (χ1v) is 10.8. The molecule has 1 heterocycles. The van der Waals surface area contributed by atoms with Crippen molar-refractivity contribution in [1.29, 1.82) is 0 Å². The van der Waals surface area contributed by atoms with E-state index in [0.717, 1.165) is 11.0 Å². The molecule has 0 saturated carbocycles. The Morgan fingerprint density at radius 1 is 0.853 bits per heavy atom. The van der Waals surface area contributed by atoms with E-state index in [2.05, 4.69) is 0 Å². The lowest BCUT2D eigenvalue weighted by atomic mass is 9.51. The molecule has 1 aliphatic heterocycles. The summed E-state index contributed by atoms with van der Waals surface area (Å²) in [7, 11) is 0. The number of nitro benzene ring substituents is 1. The van der Waals surface area contributed by atoms with Crippen LogP contribution in [0, 0.1) is 32.1 Å². The van der Waals surface area contributed by atoms with Gasteiger partial charge in [-0.05, 0) is 23.3 Å². The van der Waals surface area contributed by atoms with Gasteiger partial charge in [-0.2, -0.15) is 0 Å². The Morgan fingerprint density at radius 2 is 1.44 bits per heavy atom. The van der Waals surface area contributed by atoms with Crippen LogP contribution in [-0.4, -0.2) is 21.7 Å². The smallest absolute Gasteiger partial charge is 0.274 e. The number of benzene rings is 3. The minimum absolute atomic E-state index is 0.0356. The maximum atomic E-state index is 13.8. The maximum absolute atomic E-state index is 13.8. The number of halogens is 1. The average Bonchev–Trinajstić information content (AvgIpc) is 3.10. The Bertz CT molecular complexity index is 1420. The lowest BCUT2D eigenvalue weighted by Crippen LogP contribution is -2.57. The number of nitrogens with zero attached hydrogens (tertiary/aromatic N) is 3. The van der Waals surface area contributed by atoms with Crippen LogP contribution in [0.25, 0.3) is 0 Å². The maximum Gasteiger partial charge on any atom is 0.289 e. The molecule has 3 aromatic carbocycles. The summed E-state index contributed by atoms with van der Waals surface area (Å²) in [6.45, 7) is 0. The highest BCUT2D eigenvalue weighted by Crippen LogP contribution is 2.64. The molecule has 2 amide bonds. The molecule has 0 N–H and O–H groups in total. The standard InChI is InChI=1S/C24H14ClN3O6/c25-17-10-9-12(11-18(17)27(31)32)26-22(29)20-19-13-5-1-3-7-15(13)24(28(33)34,21(20)23(26)30)16-8-4-2-6-14(16)19/h1-11,19-21H/t19?,20-,21-,24?/m0/s1. The zero-order valence-electron chi connectivity index (χ0n) is 17.3. The molecule has 0 spiro atoms. The lowest BCUT2D eigenvalue weighted by molar-refractivity contribution is -0.578. The number of nitro groups is 2. The summed E-state index contributed by atoms with van der Waals surface area (Å²) in [5.41, 5.74) is -0.370. The van der Waals surface area contributed by atoms with Crippen LogP contribution >= 0.6 is 11.6 Å².